The fourth-order valence-corrected chi connectivity index (χ4v) is 1.65. The van der Waals surface area contributed by atoms with E-state index in [1.165, 1.54) is 12.5 Å². The van der Waals surface area contributed by atoms with Gasteiger partial charge in [0.2, 0.25) is 5.78 Å². The van der Waals surface area contributed by atoms with Crippen molar-refractivity contribution in [3.8, 4) is 11.5 Å². The number of nitrogens with zero attached hydrogens (tertiary/aromatic N) is 1. The molecule has 0 saturated carbocycles. The molecule has 0 saturated heterocycles. The lowest BCUT2D eigenvalue weighted by Gasteiger charge is -1.99. The molecule has 0 aliphatic heterocycles. The highest BCUT2D eigenvalue weighted by atomic mass is 16.3. The van der Waals surface area contributed by atoms with Crippen LogP contribution in [0.4, 0.5) is 0 Å². The molecule has 3 aromatic heterocycles. The topological polar surface area (TPSA) is 56.2 Å². The molecule has 0 aliphatic rings. The second-order valence-electron chi connectivity index (χ2n) is 3.72. The third kappa shape index (κ3) is 1.84. The van der Waals surface area contributed by atoms with E-state index in [4.69, 9.17) is 8.83 Å². The predicted octanol–water partition coefficient (Wildman–Crippen LogP) is 3.17. The summed E-state index contributed by atoms with van der Waals surface area (Å²) >= 11 is 0. The third-order valence-corrected chi connectivity index (χ3v) is 2.54. The number of hydrogen-bond acceptors (Lipinski definition) is 4. The number of carbonyl (C=O) groups is 1. The van der Waals surface area contributed by atoms with Crippen LogP contribution in [-0.4, -0.2) is 10.8 Å². The average Bonchev–Trinajstić information content (AvgIpc) is 3.11. The lowest BCUT2D eigenvalue weighted by molar-refractivity contribution is 0.101. The van der Waals surface area contributed by atoms with Crippen molar-refractivity contribution in [1.82, 2.24) is 4.98 Å². The van der Waals surface area contributed by atoms with Gasteiger partial charge in [-0.3, -0.25) is 9.78 Å². The molecule has 0 N–H and O–H groups in total. The lowest BCUT2D eigenvalue weighted by Crippen LogP contribution is -2.00. The first-order valence-corrected chi connectivity index (χ1v) is 5.43. The van der Waals surface area contributed by atoms with Crippen LogP contribution in [0.2, 0.25) is 0 Å². The monoisotopic (exact) mass is 239 g/mol. The van der Waals surface area contributed by atoms with Gasteiger partial charge in [-0.2, -0.15) is 0 Å². The molecule has 0 aromatic carbocycles. The van der Waals surface area contributed by atoms with E-state index >= 15 is 0 Å². The predicted molar refractivity (Wildman–Crippen MR) is 64.1 cm³/mol. The molecule has 0 atom stereocenters. The zero-order valence-electron chi connectivity index (χ0n) is 9.37. The zero-order valence-corrected chi connectivity index (χ0v) is 9.37. The van der Waals surface area contributed by atoms with Crippen LogP contribution in [-0.2, 0) is 0 Å². The molecule has 0 bridgehead atoms. The Kier molecular flexibility index (Phi) is 2.53. The molecule has 3 rings (SSSR count). The maximum Gasteiger partial charge on any atom is 0.229 e. The van der Waals surface area contributed by atoms with Gasteiger partial charge >= 0.3 is 0 Å². The van der Waals surface area contributed by atoms with Gasteiger partial charge in [-0.1, -0.05) is 0 Å². The zero-order chi connectivity index (χ0) is 12.4. The minimum atomic E-state index is -0.182. The molecule has 0 spiro atoms. The minimum absolute atomic E-state index is 0.182. The number of hydrogen-bond donors (Lipinski definition) is 0. The standard InChI is InChI=1S/C14H9NO3/c16-14(13-4-2-8-18-13)10-5-6-11(15-9-10)12-3-1-7-17-12/h1-9H. The summed E-state index contributed by atoms with van der Waals surface area (Å²) in [6.07, 6.45) is 4.57. The van der Waals surface area contributed by atoms with Crippen molar-refractivity contribution in [2.75, 3.05) is 0 Å². The third-order valence-electron chi connectivity index (χ3n) is 2.54. The van der Waals surface area contributed by atoms with Crippen molar-refractivity contribution in [2.24, 2.45) is 0 Å². The molecule has 4 nitrogen and oxygen atoms in total. The van der Waals surface area contributed by atoms with Crippen molar-refractivity contribution < 1.29 is 13.6 Å². The highest BCUT2D eigenvalue weighted by molar-refractivity contribution is 6.06. The molecule has 3 heterocycles. The Morgan fingerprint density at radius 1 is 1.00 bits per heavy atom. The quantitative estimate of drug-likeness (QED) is 0.659. The maximum absolute atomic E-state index is 11.9. The molecule has 18 heavy (non-hydrogen) atoms. The van der Waals surface area contributed by atoms with E-state index in [1.54, 1.807) is 36.6 Å². The number of furan rings is 2. The van der Waals surface area contributed by atoms with Crippen LogP contribution in [0, 0.1) is 0 Å². The Bertz CT molecular complexity index is 637. The first-order valence-electron chi connectivity index (χ1n) is 5.43. The van der Waals surface area contributed by atoms with E-state index in [-0.39, 0.29) is 5.78 Å². The summed E-state index contributed by atoms with van der Waals surface area (Å²) in [6, 6.07) is 10.4. The fourth-order valence-electron chi connectivity index (χ4n) is 1.65. The number of aromatic nitrogens is 1. The molecule has 0 radical (unpaired) electrons. The molecule has 3 aromatic rings. The van der Waals surface area contributed by atoms with Gasteiger partial charge in [0.25, 0.3) is 0 Å². The Labute approximate surface area is 103 Å². The summed E-state index contributed by atoms with van der Waals surface area (Å²) < 4.78 is 10.3. The normalized spacial score (nSPS) is 10.4. The Balaban J connectivity index is 1.90. The second-order valence-corrected chi connectivity index (χ2v) is 3.72. The van der Waals surface area contributed by atoms with Gasteiger partial charge in [-0.15, -0.1) is 0 Å². The van der Waals surface area contributed by atoms with Crippen LogP contribution in [0.25, 0.3) is 11.5 Å². The van der Waals surface area contributed by atoms with Crippen LogP contribution < -0.4 is 0 Å². The molecule has 88 valence electrons. The summed E-state index contributed by atoms with van der Waals surface area (Å²) in [6.45, 7) is 0. The minimum Gasteiger partial charge on any atom is -0.463 e. The fraction of sp³-hybridized carbons (Fsp3) is 0. The van der Waals surface area contributed by atoms with Crippen molar-refractivity contribution in [3.05, 3.63) is 66.4 Å². The van der Waals surface area contributed by atoms with Gasteiger partial charge in [-0.05, 0) is 36.4 Å². The van der Waals surface area contributed by atoms with Crippen LogP contribution in [0.3, 0.4) is 0 Å². The van der Waals surface area contributed by atoms with E-state index in [0.717, 1.165) is 0 Å². The first kappa shape index (κ1) is 10.5. The van der Waals surface area contributed by atoms with E-state index in [0.29, 0.717) is 22.8 Å². The van der Waals surface area contributed by atoms with Gasteiger partial charge in [-0.25, -0.2) is 0 Å². The summed E-state index contributed by atoms with van der Waals surface area (Å²) in [7, 11) is 0. The summed E-state index contributed by atoms with van der Waals surface area (Å²) in [5.41, 5.74) is 1.18. The Hall–Kier alpha value is -2.62. The first-order chi connectivity index (χ1) is 8.84. The largest absolute Gasteiger partial charge is 0.463 e. The molecular formula is C14H9NO3. The number of carbonyl (C=O) groups excluding carboxylic acids is 1. The lowest BCUT2D eigenvalue weighted by atomic mass is 10.1. The van der Waals surface area contributed by atoms with Crippen molar-refractivity contribution >= 4 is 5.78 Å². The molecular weight excluding hydrogens is 230 g/mol. The highest BCUT2D eigenvalue weighted by Crippen LogP contribution is 2.18. The number of ketones is 1. The van der Waals surface area contributed by atoms with Crippen molar-refractivity contribution in [3.63, 3.8) is 0 Å². The van der Waals surface area contributed by atoms with Gasteiger partial charge < -0.3 is 8.83 Å². The molecule has 0 unspecified atom stereocenters. The molecule has 0 aliphatic carbocycles. The van der Waals surface area contributed by atoms with E-state index in [2.05, 4.69) is 4.98 Å². The van der Waals surface area contributed by atoms with Gasteiger partial charge in [0.15, 0.2) is 11.5 Å². The van der Waals surface area contributed by atoms with Crippen molar-refractivity contribution in [2.45, 2.75) is 0 Å². The summed E-state index contributed by atoms with van der Waals surface area (Å²) in [4.78, 5) is 16.1. The van der Waals surface area contributed by atoms with Gasteiger partial charge in [0.1, 0.15) is 5.69 Å². The number of pyridine rings is 1. The summed E-state index contributed by atoms with van der Waals surface area (Å²) in [5.74, 6) is 0.799. The van der Waals surface area contributed by atoms with E-state index < -0.39 is 0 Å². The van der Waals surface area contributed by atoms with Crippen LogP contribution in [0.1, 0.15) is 16.1 Å². The average molecular weight is 239 g/mol. The maximum atomic E-state index is 11.9. The SMILES string of the molecule is O=C(c1ccc(-c2ccco2)nc1)c1ccco1. The summed E-state index contributed by atoms with van der Waals surface area (Å²) in [5, 5.41) is 0. The van der Waals surface area contributed by atoms with Gasteiger partial charge in [0, 0.05) is 11.8 Å². The number of rotatable bonds is 3. The van der Waals surface area contributed by atoms with Crippen LogP contribution >= 0.6 is 0 Å². The van der Waals surface area contributed by atoms with E-state index in [1.807, 2.05) is 6.07 Å². The van der Waals surface area contributed by atoms with Crippen LogP contribution in [0.15, 0.2) is 64.0 Å². The van der Waals surface area contributed by atoms with Crippen molar-refractivity contribution in [1.29, 1.82) is 0 Å². The van der Waals surface area contributed by atoms with Gasteiger partial charge in [0.05, 0.1) is 12.5 Å². The van der Waals surface area contributed by atoms with Crippen LogP contribution in [0.5, 0.6) is 0 Å². The Morgan fingerprint density at radius 3 is 2.44 bits per heavy atom. The molecule has 0 amide bonds. The molecule has 4 heteroatoms. The smallest absolute Gasteiger partial charge is 0.229 e. The Morgan fingerprint density at radius 2 is 1.83 bits per heavy atom. The van der Waals surface area contributed by atoms with E-state index in [9.17, 15) is 4.79 Å². The second kappa shape index (κ2) is 4.33. The molecule has 0 fully saturated rings. The highest BCUT2D eigenvalue weighted by Gasteiger charge is 2.12.